The van der Waals surface area contributed by atoms with Crippen LogP contribution >= 0.6 is 0 Å². The maximum Gasteiger partial charge on any atom is 0.206 e. The summed E-state index contributed by atoms with van der Waals surface area (Å²) in [6, 6.07) is 11.0. The molecule has 0 saturated carbocycles. The van der Waals surface area contributed by atoms with E-state index in [0.717, 1.165) is 11.3 Å². The standard InChI is InChI=1S/C18H15F2N5/c19-12-6-4-11(5-7-12)8-22-9-13-10-25-17(23-13)14-2-1-3-15(20)16(14)24-18(25)21/h1-7,10,22H,8-9H2,(H2,21,24). The molecule has 0 saturated heterocycles. The van der Waals surface area contributed by atoms with Crippen molar-refractivity contribution in [1.29, 1.82) is 0 Å². The van der Waals surface area contributed by atoms with E-state index in [4.69, 9.17) is 5.73 Å². The molecule has 0 bridgehead atoms. The predicted octanol–water partition coefficient (Wildman–Crippen LogP) is 3.03. The van der Waals surface area contributed by atoms with Gasteiger partial charge in [0, 0.05) is 24.7 Å². The molecule has 0 amide bonds. The molecule has 3 N–H and O–H groups in total. The summed E-state index contributed by atoms with van der Waals surface area (Å²) in [5, 5.41) is 3.85. The first kappa shape index (κ1) is 15.5. The van der Waals surface area contributed by atoms with Crippen LogP contribution in [0.1, 0.15) is 11.3 Å². The van der Waals surface area contributed by atoms with Crippen LogP contribution in [0.3, 0.4) is 0 Å². The summed E-state index contributed by atoms with van der Waals surface area (Å²) in [5.74, 6) is -0.498. The van der Waals surface area contributed by atoms with E-state index in [1.54, 1.807) is 34.9 Å². The first-order chi connectivity index (χ1) is 12.1. The number of fused-ring (bicyclic) bond motifs is 3. The number of nitrogens with zero attached hydrogens (tertiary/aromatic N) is 3. The van der Waals surface area contributed by atoms with Crippen LogP contribution < -0.4 is 11.1 Å². The normalized spacial score (nSPS) is 11.4. The van der Waals surface area contributed by atoms with E-state index in [9.17, 15) is 8.78 Å². The summed E-state index contributed by atoms with van der Waals surface area (Å²) in [6.45, 7) is 1.08. The van der Waals surface area contributed by atoms with Crippen LogP contribution in [0.2, 0.25) is 0 Å². The highest BCUT2D eigenvalue weighted by Crippen LogP contribution is 2.22. The second-order valence-electron chi connectivity index (χ2n) is 5.76. The van der Waals surface area contributed by atoms with Crippen LogP contribution in [-0.4, -0.2) is 14.4 Å². The molecule has 0 aliphatic carbocycles. The minimum absolute atomic E-state index is 0.185. The van der Waals surface area contributed by atoms with Crippen molar-refractivity contribution >= 4 is 22.5 Å². The van der Waals surface area contributed by atoms with Crippen LogP contribution in [0, 0.1) is 11.6 Å². The fourth-order valence-electron chi connectivity index (χ4n) is 2.79. The lowest BCUT2D eigenvalue weighted by atomic mass is 10.2. The number of nitrogens with one attached hydrogen (secondary N) is 1. The molecule has 0 unspecified atom stereocenters. The molecular formula is C18H15F2N5. The molecule has 2 aromatic heterocycles. The molecule has 126 valence electrons. The van der Waals surface area contributed by atoms with Crippen molar-refractivity contribution in [1.82, 2.24) is 19.7 Å². The van der Waals surface area contributed by atoms with Crippen molar-refractivity contribution in [3.63, 3.8) is 0 Å². The number of nitrogen functional groups attached to an aromatic ring is 1. The topological polar surface area (TPSA) is 68.2 Å². The van der Waals surface area contributed by atoms with E-state index in [-0.39, 0.29) is 17.3 Å². The lowest BCUT2D eigenvalue weighted by Crippen LogP contribution is -2.12. The fraction of sp³-hybridized carbons (Fsp3) is 0.111. The Labute approximate surface area is 142 Å². The third-order valence-electron chi connectivity index (χ3n) is 4.01. The molecule has 0 radical (unpaired) electrons. The average molecular weight is 339 g/mol. The van der Waals surface area contributed by atoms with Gasteiger partial charge in [-0.1, -0.05) is 18.2 Å². The van der Waals surface area contributed by atoms with Gasteiger partial charge in [-0.3, -0.25) is 4.40 Å². The van der Waals surface area contributed by atoms with Crippen molar-refractivity contribution < 1.29 is 8.78 Å². The van der Waals surface area contributed by atoms with E-state index in [1.807, 2.05) is 0 Å². The van der Waals surface area contributed by atoms with E-state index < -0.39 is 5.82 Å². The average Bonchev–Trinajstić information content (AvgIpc) is 3.03. The second kappa shape index (κ2) is 6.10. The Hall–Kier alpha value is -3.06. The molecule has 0 atom stereocenters. The predicted molar refractivity (Wildman–Crippen MR) is 91.8 cm³/mol. The molecule has 2 heterocycles. The fourth-order valence-corrected chi connectivity index (χ4v) is 2.79. The zero-order valence-electron chi connectivity index (χ0n) is 13.2. The molecular weight excluding hydrogens is 324 g/mol. The minimum Gasteiger partial charge on any atom is -0.369 e. The number of para-hydroxylation sites is 1. The zero-order chi connectivity index (χ0) is 17.4. The molecule has 0 fully saturated rings. The van der Waals surface area contributed by atoms with Crippen molar-refractivity contribution in [2.75, 3.05) is 5.73 Å². The smallest absolute Gasteiger partial charge is 0.206 e. The van der Waals surface area contributed by atoms with Gasteiger partial charge >= 0.3 is 0 Å². The maximum absolute atomic E-state index is 13.9. The first-order valence-corrected chi connectivity index (χ1v) is 7.78. The van der Waals surface area contributed by atoms with Crippen molar-refractivity contribution in [3.05, 3.63) is 71.6 Å². The number of aromatic nitrogens is 3. The van der Waals surface area contributed by atoms with E-state index in [0.29, 0.717) is 24.1 Å². The number of anilines is 1. The molecule has 4 rings (SSSR count). The lowest BCUT2D eigenvalue weighted by molar-refractivity contribution is 0.624. The van der Waals surface area contributed by atoms with E-state index in [1.165, 1.54) is 18.2 Å². The van der Waals surface area contributed by atoms with Crippen LogP contribution in [0.25, 0.3) is 16.6 Å². The summed E-state index contributed by atoms with van der Waals surface area (Å²) < 4.78 is 28.5. The highest BCUT2D eigenvalue weighted by molar-refractivity contribution is 5.92. The summed E-state index contributed by atoms with van der Waals surface area (Å²) in [5.41, 5.74) is 8.44. The van der Waals surface area contributed by atoms with Gasteiger partial charge in [0.05, 0.1) is 5.69 Å². The quantitative estimate of drug-likeness (QED) is 0.600. The van der Waals surface area contributed by atoms with E-state index >= 15 is 0 Å². The largest absolute Gasteiger partial charge is 0.369 e. The molecule has 0 aliphatic rings. The Morgan fingerprint density at radius 3 is 2.60 bits per heavy atom. The van der Waals surface area contributed by atoms with Crippen molar-refractivity contribution in [3.8, 4) is 0 Å². The van der Waals surface area contributed by atoms with Gasteiger partial charge in [0.1, 0.15) is 22.8 Å². The molecule has 4 aromatic rings. The maximum atomic E-state index is 13.9. The number of hydrogen-bond donors (Lipinski definition) is 2. The van der Waals surface area contributed by atoms with Gasteiger partial charge in [-0.05, 0) is 29.8 Å². The van der Waals surface area contributed by atoms with Gasteiger partial charge in [0.15, 0.2) is 0 Å². The highest BCUT2D eigenvalue weighted by Gasteiger charge is 2.12. The monoisotopic (exact) mass is 339 g/mol. The van der Waals surface area contributed by atoms with Crippen molar-refractivity contribution in [2.24, 2.45) is 0 Å². The number of nitrogens with two attached hydrogens (primary N) is 1. The lowest BCUT2D eigenvalue weighted by Gasteiger charge is -2.03. The van der Waals surface area contributed by atoms with Crippen LogP contribution in [0.5, 0.6) is 0 Å². The molecule has 2 aromatic carbocycles. The van der Waals surface area contributed by atoms with Crippen LogP contribution in [-0.2, 0) is 13.1 Å². The van der Waals surface area contributed by atoms with Gasteiger partial charge in [0.25, 0.3) is 0 Å². The number of benzene rings is 2. The Balaban J connectivity index is 1.60. The summed E-state index contributed by atoms with van der Waals surface area (Å²) in [6.07, 6.45) is 1.78. The van der Waals surface area contributed by atoms with Gasteiger partial charge in [-0.15, -0.1) is 0 Å². The molecule has 5 nitrogen and oxygen atoms in total. The SMILES string of the molecule is Nc1nc2c(F)cccc2c2nc(CNCc3ccc(F)cc3)cn12. The van der Waals surface area contributed by atoms with Gasteiger partial charge < -0.3 is 11.1 Å². The van der Waals surface area contributed by atoms with Gasteiger partial charge in [-0.2, -0.15) is 0 Å². The molecule has 7 heteroatoms. The first-order valence-electron chi connectivity index (χ1n) is 7.78. The Bertz CT molecular complexity index is 1060. The zero-order valence-corrected chi connectivity index (χ0v) is 13.2. The van der Waals surface area contributed by atoms with Crippen molar-refractivity contribution in [2.45, 2.75) is 13.1 Å². The number of halogens is 2. The summed E-state index contributed by atoms with van der Waals surface area (Å²) in [4.78, 5) is 8.66. The van der Waals surface area contributed by atoms with Crippen LogP contribution in [0.4, 0.5) is 14.7 Å². The summed E-state index contributed by atoms with van der Waals surface area (Å²) in [7, 11) is 0. The highest BCUT2D eigenvalue weighted by atomic mass is 19.1. The molecule has 25 heavy (non-hydrogen) atoms. The second-order valence-corrected chi connectivity index (χ2v) is 5.76. The van der Waals surface area contributed by atoms with E-state index in [2.05, 4.69) is 15.3 Å². The third-order valence-corrected chi connectivity index (χ3v) is 4.01. The van der Waals surface area contributed by atoms with Gasteiger partial charge in [0.2, 0.25) is 5.95 Å². The number of hydrogen-bond acceptors (Lipinski definition) is 4. The minimum atomic E-state index is -0.425. The molecule has 0 spiro atoms. The number of rotatable bonds is 4. The van der Waals surface area contributed by atoms with Gasteiger partial charge in [-0.25, -0.2) is 18.7 Å². The Morgan fingerprint density at radius 2 is 1.80 bits per heavy atom. The number of imidazole rings is 1. The molecule has 0 aliphatic heterocycles. The van der Waals surface area contributed by atoms with Crippen LogP contribution in [0.15, 0.2) is 48.7 Å². The third kappa shape index (κ3) is 2.89. The Kier molecular flexibility index (Phi) is 3.77. The summed E-state index contributed by atoms with van der Waals surface area (Å²) >= 11 is 0. The Morgan fingerprint density at radius 1 is 1.00 bits per heavy atom.